The summed E-state index contributed by atoms with van der Waals surface area (Å²) in [6, 6.07) is 11.0. The highest BCUT2D eigenvalue weighted by molar-refractivity contribution is 7.26. The lowest BCUT2D eigenvalue weighted by atomic mass is 10.1. The van der Waals surface area contributed by atoms with E-state index in [0.717, 1.165) is 26.5 Å². The summed E-state index contributed by atoms with van der Waals surface area (Å²) >= 11 is 1.52. The number of hydrogen-bond donors (Lipinski definition) is 1. The Morgan fingerprint density at radius 2 is 2.00 bits per heavy atom. The monoisotopic (exact) mass is 255 g/mol. The van der Waals surface area contributed by atoms with Crippen molar-refractivity contribution in [2.45, 2.75) is 0 Å². The Balaban J connectivity index is 2.47. The summed E-state index contributed by atoms with van der Waals surface area (Å²) < 4.78 is 1.92. The first kappa shape index (κ1) is 10.9. The highest BCUT2D eigenvalue weighted by Crippen LogP contribution is 2.36. The number of aldehydes is 1. The summed E-state index contributed by atoms with van der Waals surface area (Å²) in [5.74, 6) is -0.428. The first-order valence-corrected chi connectivity index (χ1v) is 6.22. The highest BCUT2D eigenvalue weighted by atomic mass is 32.1. The number of nitrogens with two attached hydrogens (primary N) is 1. The van der Waals surface area contributed by atoms with E-state index in [1.165, 1.54) is 11.3 Å². The van der Waals surface area contributed by atoms with Gasteiger partial charge in [0.2, 0.25) is 5.91 Å². The summed E-state index contributed by atoms with van der Waals surface area (Å²) in [7, 11) is 0. The van der Waals surface area contributed by atoms with Crippen molar-refractivity contribution in [1.29, 1.82) is 0 Å². The van der Waals surface area contributed by atoms with Crippen LogP contribution in [0.25, 0.3) is 20.2 Å². The van der Waals surface area contributed by atoms with Gasteiger partial charge < -0.3 is 5.73 Å². The van der Waals surface area contributed by atoms with Gasteiger partial charge in [-0.3, -0.25) is 9.59 Å². The van der Waals surface area contributed by atoms with Gasteiger partial charge in [-0.15, -0.1) is 11.3 Å². The predicted molar refractivity (Wildman–Crippen MR) is 73.2 cm³/mol. The molecule has 0 bridgehead atoms. The Kier molecular flexibility index (Phi) is 2.38. The quantitative estimate of drug-likeness (QED) is 0.716. The fourth-order valence-electron chi connectivity index (χ4n) is 2.08. The third-order valence-corrected chi connectivity index (χ3v) is 4.14. The van der Waals surface area contributed by atoms with Gasteiger partial charge in [-0.25, -0.2) is 0 Å². The van der Waals surface area contributed by atoms with Crippen LogP contribution in [0.5, 0.6) is 0 Å². The van der Waals surface area contributed by atoms with Crippen molar-refractivity contribution in [2.75, 3.05) is 0 Å². The van der Waals surface area contributed by atoms with Gasteiger partial charge in [0.15, 0.2) is 0 Å². The van der Waals surface area contributed by atoms with Gasteiger partial charge in [-0.1, -0.05) is 18.2 Å². The summed E-state index contributed by atoms with van der Waals surface area (Å²) in [5.41, 5.74) is 6.53. The number of fused-ring (bicyclic) bond motifs is 3. The average Bonchev–Trinajstić information content (AvgIpc) is 2.75. The highest BCUT2D eigenvalue weighted by Gasteiger charge is 2.11. The number of carbonyl (C=O) groups excluding carboxylic acids is 2. The number of thiophene rings is 1. The second-order valence-electron chi connectivity index (χ2n) is 4.02. The summed E-state index contributed by atoms with van der Waals surface area (Å²) in [6.07, 6.45) is 0.820. The van der Waals surface area contributed by atoms with Crippen LogP contribution >= 0.6 is 11.3 Å². The lowest BCUT2D eigenvalue weighted by Crippen LogP contribution is -2.10. The van der Waals surface area contributed by atoms with Crippen LogP contribution in [0.1, 0.15) is 20.7 Å². The van der Waals surface area contributed by atoms with Crippen molar-refractivity contribution in [3.8, 4) is 0 Å². The standard InChI is InChI=1S/C14H9NO2S/c15-14(17)10-3-1-2-9-11-6-8(7-16)4-5-12(11)18-13(9)10/h1-7H,(H2,15,17). The lowest BCUT2D eigenvalue weighted by molar-refractivity contribution is 0.100. The molecule has 88 valence electrons. The van der Waals surface area contributed by atoms with Gasteiger partial charge in [0.1, 0.15) is 6.29 Å². The van der Waals surface area contributed by atoms with Crippen LogP contribution in [0, 0.1) is 0 Å². The van der Waals surface area contributed by atoms with Crippen LogP contribution in [-0.2, 0) is 0 Å². The third-order valence-electron chi connectivity index (χ3n) is 2.92. The summed E-state index contributed by atoms with van der Waals surface area (Å²) in [5, 5.41) is 1.96. The summed E-state index contributed by atoms with van der Waals surface area (Å²) in [6.45, 7) is 0. The molecule has 1 aromatic heterocycles. The van der Waals surface area contributed by atoms with Gasteiger partial charge in [0.05, 0.1) is 5.56 Å². The van der Waals surface area contributed by atoms with Crippen LogP contribution < -0.4 is 5.73 Å². The Hall–Kier alpha value is -2.20. The van der Waals surface area contributed by atoms with Crippen LogP contribution in [-0.4, -0.2) is 12.2 Å². The van der Waals surface area contributed by atoms with E-state index >= 15 is 0 Å². The minimum absolute atomic E-state index is 0.428. The molecule has 0 atom stereocenters. The van der Waals surface area contributed by atoms with E-state index < -0.39 is 5.91 Å². The topological polar surface area (TPSA) is 60.2 Å². The van der Waals surface area contributed by atoms with Crippen LogP contribution in [0.15, 0.2) is 36.4 Å². The van der Waals surface area contributed by atoms with Gasteiger partial charge in [0.25, 0.3) is 0 Å². The molecule has 0 fully saturated rings. The Bertz CT molecular complexity index is 789. The van der Waals surface area contributed by atoms with Crippen LogP contribution in [0.4, 0.5) is 0 Å². The number of primary amides is 1. The van der Waals surface area contributed by atoms with Crippen molar-refractivity contribution in [3.63, 3.8) is 0 Å². The minimum atomic E-state index is -0.428. The van der Waals surface area contributed by atoms with Gasteiger partial charge in [0, 0.05) is 25.7 Å². The molecule has 3 aromatic rings. The van der Waals surface area contributed by atoms with Crippen molar-refractivity contribution in [1.82, 2.24) is 0 Å². The molecular weight excluding hydrogens is 246 g/mol. The molecule has 3 nitrogen and oxygen atoms in total. The number of rotatable bonds is 2. The second-order valence-corrected chi connectivity index (χ2v) is 5.07. The molecule has 4 heteroatoms. The lowest BCUT2D eigenvalue weighted by Gasteiger charge is -1.97. The SMILES string of the molecule is NC(=O)c1cccc2c1sc1ccc(C=O)cc12. The fraction of sp³-hybridized carbons (Fsp3) is 0. The molecule has 0 aliphatic rings. The van der Waals surface area contributed by atoms with Crippen molar-refractivity contribution in [3.05, 3.63) is 47.5 Å². The maximum Gasteiger partial charge on any atom is 0.250 e. The maximum absolute atomic E-state index is 11.4. The summed E-state index contributed by atoms with van der Waals surface area (Å²) in [4.78, 5) is 22.2. The number of carbonyl (C=O) groups is 2. The molecule has 18 heavy (non-hydrogen) atoms. The molecular formula is C14H9NO2S. The first-order chi connectivity index (χ1) is 8.70. The van der Waals surface area contributed by atoms with Gasteiger partial charge in [-0.05, 0) is 18.2 Å². The molecule has 1 amide bonds. The Morgan fingerprint density at radius 3 is 2.72 bits per heavy atom. The van der Waals surface area contributed by atoms with E-state index in [4.69, 9.17) is 5.73 Å². The molecule has 0 radical (unpaired) electrons. The zero-order chi connectivity index (χ0) is 12.7. The first-order valence-electron chi connectivity index (χ1n) is 5.41. The zero-order valence-electron chi connectivity index (χ0n) is 9.34. The van der Waals surface area contributed by atoms with E-state index in [-0.39, 0.29) is 0 Å². The van der Waals surface area contributed by atoms with Gasteiger partial charge in [-0.2, -0.15) is 0 Å². The molecule has 0 aliphatic heterocycles. The minimum Gasteiger partial charge on any atom is -0.366 e. The zero-order valence-corrected chi connectivity index (χ0v) is 10.2. The fourth-order valence-corrected chi connectivity index (χ4v) is 3.28. The largest absolute Gasteiger partial charge is 0.366 e. The number of amides is 1. The molecule has 0 saturated carbocycles. The molecule has 0 saturated heterocycles. The van der Waals surface area contributed by atoms with Crippen molar-refractivity contribution in [2.24, 2.45) is 5.73 Å². The molecule has 3 rings (SSSR count). The van der Waals surface area contributed by atoms with E-state index in [1.807, 2.05) is 24.3 Å². The van der Waals surface area contributed by atoms with E-state index in [1.54, 1.807) is 12.1 Å². The molecule has 0 aliphatic carbocycles. The van der Waals surface area contributed by atoms with E-state index in [0.29, 0.717) is 11.1 Å². The Labute approximate surface area is 107 Å². The molecule has 2 N–H and O–H groups in total. The number of hydrogen-bond acceptors (Lipinski definition) is 3. The normalized spacial score (nSPS) is 10.9. The third kappa shape index (κ3) is 1.50. The smallest absolute Gasteiger partial charge is 0.250 e. The van der Waals surface area contributed by atoms with Crippen LogP contribution in [0.2, 0.25) is 0 Å². The molecule has 0 unspecified atom stereocenters. The van der Waals surface area contributed by atoms with Crippen LogP contribution in [0.3, 0.4) is 0 Å². The Morgan fingerprint density at radius 1 is 1.17 bits per heavy atom. The van der Waals surface area contributed by atoms with Gasteiger partial charge >= 0.3 is 0 Å². The van der Waals surface area contributed by atoms with E-state index in [2.05, 4.69) is 0 Å². The van der Waals surface area contributed by atoms with E-state index in [9.17, 15) is 9.59 Å². The average molecular weight is 255 g/mol. The van der Waals surface area contributed by atoms with Crippen molar-refractivity contribution < 1.29 is 9.59 Å². The second kappa shape index (κ2) is 3.92. The van der Waals surface area contributed by atoms with Crippen molar-refractivity contribution >= 4 is 43.7 Å². The predicted octanol–water partition coefficient (Wildman–Crippen LogP) is 2.97. The molecule has 0 spiro atoms. The molecule has 1 heterocycles. The number of benzene rings is 2. The molecule has 2 aromatic carbocycles. The maximum atomic E-state index is 11.4.